The van der Waals surface area contributed by atoms with Crippen molar-refractivity contribution in [1.82, 2.24) is 4.98 Å². The number of rotatable bonds is 4. The van der Waals surface area contributed by atoms with Crippen molar-refractivity contribution in [3.63, 3.8) is 0 Å². The van der Waals surface area contributed by atoms with Gasteiger partial charge in [-0.1, -0.05) is 6.92 Å². The molecule has 0 saturated heterocycles. The molecule has 0 saturated carbocycles. The van der Waals surface area contributed by atoms with E-state index >= 15 is 0 Å². The summed E-state index contributed by atoms with van der Waals surface area (Å²) < 4.78 is 5.12. The molecule has 66 valence electrons. The summed E-state index contributed by atoms with van der Waals surface area (Å²) in [7, 11) is 1.65. The minimum Gasteiger partial charge on any atom is -0.493 e. The molecule has 0 aromatic carbocycles. The van der Waals surface area contributed by atoms with Gasteiger partial charge in [0.2, 0.25) is 0 Å². The van der Waals surface area contributed by atoms with Gasteiger partial charge in [0.05, 0.1) is 7.11 Å². The zero-order valence-electron chi connectivity index (χ0n) is 7.50. The van der Waals surface area contributed by atoms with E-state index in [0.717, 1.165) is 24.5 Å². The minimum absolute atomic E-state index is 0.797. The van der Waals surface area contributed by atoms with Crippen LogP contribution in [0.5, 0.6) is 5.75 Å². The highest BCUT2D eigenvalue weighted by Crippen LogP contribution is 2.19. The summed E-state index contributed by atoms with van der Waals surface area (Å²) in [5.74, 6) is 1.62. The molecular formula is C9H14N2O. The monoisotopic (exact) mass is 166 g/mol. The van der Waals surface area contributed by atoms with E-state index in [9.17, 15) is 0 Å². The number of hydrogen-bond acceptors (Lipinski definition) is 3. The quantitative estimate of drug-likeness (QED) is 0.742. The lowest BCUT2D eigenvalue weighted by atomic mass is 10.4. The zero-order chi connectivity index (χ0) is 8.81. The van der Waals surface area contributed by atoms with Crippen molar-refractivity contribution in [2.45, 2.75) is 13.3 Å². The van der Waals surface area contributed by atoms with Gasteiger partial charge in [0.25, 0.3) is 0 Å². The third-order valence-corrected chi connectivity index (χ3v) is 1.53. The first kappa shape index (κ1) is 8.84. The van der Waals surface area contributed by atoms with Gasteiger partial charge in [-0.25, -0.2) is 4.98 Å². The Morgan fingerprint density at radius 3 is 3.08 bits per heavy atom. The summed E-state index contributed by atoms with van der Waals surface area (Å²) in [4.78, 5) is 4.15. The second kappa shape index (κ2) is 4.59. The highest BCUT2D eigenvalue weighted by Gasteiger charge is 1.99. The lowest BCUT2D eigenvalue weighted by molar-refractivity contribution is 0.415. The van der Waals surface area contributed by atoms with E-state index < -0.39 is 0 Å². The first-order valence-corrected chi connectivity index (χ1v) is 4.11. The van der Waals surface area contributed by atoms with Gasteiger partial charge in [-0.2, -0.15) is 0 Å². The number of ether oxygens (including phenoxy) is 1. The number of nitrogens with zero attached hydrogens (tertiary/aromatic N) is 1. The van der Waals surface area contributed by atoms with Crippen LogP contribution >= 0.6 is 0 Å². The van der Waals surface area contributed by atoms with Crippen LogP contribution in [0.15, 0.2) is 18.3 Å². The zero-order valence-corrected chi connectivity index (χ0v) is 7.50. The maximum absolute atomic E-state index is 5.12. The Bertz CT molecular complexity index is 238. The van der Waals surface area contributed by atoms with Crippen LogP contribution in [0.3, 0.4) is 0 Å². The smallest absolute Gasteiger partial charge is 0.168 e. The third kappa shape index (κ3) is 2.12. The highest BCUT2D eigenvalue weighted by molar-refractivity contribution is 5.49. The summed E-state index contributed by atoms with van der Waals surface area (Å²) in [5.41, 5.74) is 0. The normalized spacial score (nSPS) is 9.50. The predicted octanol–water partition coefficient (Wildman–Crippen LogP) is 1.91. The van der Waals surface area contributed by atoms with Gasteiger partial charge in [-0.05, 0) is 18.6 Å². The van der Waals surface area contributed by atoms with E-state index in [0.29, 0.717) is 0 Å². The molecule has 0 aliphatic heterocycles. The highest BCUT2D eigenvalue weighted by atomic mass is 16.5. The molecule has 3 heteroatoms. The van der Waals surface area contributed by atoms with E-state index in [2.05, 4.69) is 17.2 Å². The first-order valence-electron chi connectivity index (χ1n) is 4.11. The molecule has 0 radical (unpaired) electrons. The van der Waals surface area contributed by atoms with Gasteiger partial charge in [0.15, 0.2) is 11.6 Å². The van der Waals surface area contributed by atoms with E-state index in [-0.39, 0.29) is 0 Å². The van der Waals surface area contributed by atoms with Gasteiger partial charge in [-0.15, -0.1) is 0 Å². The Balaban J connectivity index is 2.68. The molecule has 0 aliphatic carbocycles. The fourth-order valence-electron chi connectivity index (χ4n) is 0.931. The van der Waals surface area contributed by atoms with Gasteiger partial charge < -0.3 is 10.1 Å². The summed E-state index contributed by atoms with van der Waals surface area (Å²) in [6.45, 7) is 3.04. The Kier molecular flexibility index (Phi) is 3.38. The molecule has 0 fully saturated rings. The lowest BCUT2D eigenvalue weighted by Gasteiger charge is -2.07. The molecule has 0 amide bonds. The molecule has 3 nitrogen and oxygen atoms in total. The molecule has 12 heavy (non-hydrogen) atoms. The molecule has 1 aromatic heterocycles. The van der Waals surface area contributed by atoms with E-state index in [1.807, 2.05) is 12.1 Å². The fourth-order valence-corrected chi connectivity index (χ4v) is 0.931. The first-order chi connectivity index (χ1) is 5.88. The maximum atomic E-state index is 5.12. The van der Waals surface area contributed by atoms with E-state index in [1.54, 1.807) is 13.3 Å². The summed E-state index contributed by atoms with van der Waals surface area (Å²) in [5, 5.41) is 3.18. The molecular weight excluding hydrogens is 152 g/mol. The van der Waals surface area contributed by atoms with Crippen molar-refractivity contribution >= 4 is 5.82 Å². The van der Waals surface area contributed by atoms with Crippen molar-refractivity contribution in [1.29, 1.82) is 0 Å². The fraction of sp³-hybridized carbons (Fsp3) is 0.444. The van der Waals surface area contributed by atoms with Gasteiger partial charge in [-0.3, -0.25) is 0 Å². The Hall–Kier alpha value is -1.25. The molecule has 0 bridgehead atoms. The number of aromatic nitrogens is 1. The summed E-state index contributed by atoms with van der Waals surface area (Å²) in [6, 6.07) is 3.75. The van der Waals surface area contributed by atoms with Crippen LogP contribution in [-0.2, 0) is 0 Å². The maximum Gasteiger partial charge on any atom is 0.168 e. The average molecular weight is 166 g/mol. The number of anilines is 1. The topological polar surface area (TPSA) is 34.2 Å². The van der Waals surface area contributed by atoms with Gasteiger partial charge >= 0.3 is 0 Å². The second-order valence-electron chi connectivity index (χ2n) is 2.48. The average Bonchev–Trinajstić information content (AvgIpc) is 2.15. The molecule has 1 N–H and O–H groups in total. The molecule has 1 aromatic rings. The molecule has 1 heterocycles. The Morgan fingerprint density at radius 1 is 1.58 bits per heavy atom. The largest absolute Gasteiger partial charge is 0.493 e. The standard InChI is InChI=1S/C9H14N2O/c1-3-6-10-9-8(12-2)5-4-7-11-9/h4-5,7H,3,6H2,1-2H3,(H,10,11). The van der Waals surface area contributed by atoms with Gasteiger partial charge in [0, 0.05) is 12.7 Å². The van der Waals surface area contributed by atoms with E-state index in [1.165, 1.54) is 0 Å². The van der Waals surface area contributed by atoms with Crippen LogP contribution in [0, 0.1) is 0 Å². The molecule has 0 aliphatic rings. The number of hydrogen-bond donors (Lipinski definition) is 1. The van der Waals surface area contributed by atoms with Crippen LogP contribution in [0.2, 0.25) is 0 Å². The van der Waals surface area contributed by atoms with Crippen LogP contribution in [0.1, 0.15) is 13.3 Å². The molecule has 0 atom stereocenters. The van der Waals surface area contributed by atoms with Crippen molar-refractivity contribution in [3.05, 3.63) is 18.3 Å². The van der Waals surface area contributed by atoms with E-state index in [4.69, 9.17) is 4.74 Å². The second-order valence-corrected chi connectivity index (χ2v) is 2.48. The predicted molar refractivity (Wildman–Crippen MR) is 49.6 cm³/mol. The minimum atomic E-state index is 0.797. The Morgan fingerprint density at radius 2 is 2.42 bits per heavy atom. The lowest BCUT2D eigenvalue weighted by Crippen LogP contribution is -2.03. The number of nitrogens with one attached hydrogen (secondary N) is 1. The van der Waals surface area contributed by atoms with Crippen molar-refractivity contribution in [3.8, 4) is 5.75 Å². The molecule has 1 rings (SSSR count). The Labute approximate surface area is 72.8 Å². The molecule has 0 unspecified atom stereocenters. The van der Waals surface area contributed by atoms with Crippen LogP contribution in [-0.4, -0.2) is 18.6 Å². The van der Waals surface area contributed by atoms with Crippen LogP contribution < -0.4 is 10.1 Å². The SMILES string of the molecule is CCCNc1ncccc1OC. The van der Waals surface area contributed by atoms with Crippen molar-refractivity contribution < 1.29 is 4.74 Å². The van der Waals surface area contributed by atoms with Crippen molar-refractivity contribution in [2.75, 3.05) is 19.0 Å². The summed E-state index contributed by atoms with van der Waals surface area (Å²) in [6.07, 6.45) is 2.83. The van der Waals surface area contributed by atoms with Crippen LogP contribution in [0.4, 0.5) is 5.82 Å². The van der Waals surface area contributed by atoms with Gasteiger partial charge in [0.1, 0.15) is 0 Å². The third-order valence-electron chi connectivity index (χ3n) is 1.53. The van der Waals surface area contributed by atoms with Crippen LogP contribution in [0.25, 0.3) is 0 Å². The number of pyridine rings is 1. The molecule has 0 spiro atoms. The summed E-state index contributed by atoms with van der Waals surface area (Å²) >= 11 is 0. The number of methoxy groups -OCH3 is 1. The van der Waals surface area contributed by atoms with Crippen molar-refractivity contribution in [2.24, 2.45) is 0 Å².